The van der Waals surface area contributed by atoms with Gasteiger partial charge in [0, 0.05) is 16.7 Å². The third kappa shape index (κ3) is 3.90. The summed E-state index contributed by atoms with van der Waals surface area (Å²) in [6.07, 6.45) is 0. The average Bonchev–Trinajstić information content (AvgIpc) is 3.09. The lowest BCUT2D eigenvalue weighted by Crippen LogP contribution is -2.13. The van der Waals surface area contributed by atoms with Crippen LogP contribution in [0.25, 0.3) is 10.6 Å². The molecule has 0 saturated heterocycles. The van der Waals surface area contributed by atoms with Crippen molar-refractivity contribution in [2.75, 3.05) is 18.9 Å². The Labute approximate surface area is 159 Å². The van der Waals surface area contributed by atoms with Crippen molar-refractivity contribution in [2.24, 2.45) is 0 Å². The largest absolute Gasteiger partial charge is 0.493 e. The Kier molecular flexibility index (Phi) is 5.30. The lowest BCUT2D eigenvalue weighted by Gasteiger charge is -2.10. The average molecular weight is 412 g/mol. The molecule has 0 spiro atoms. The molecule has 7 nitrogen and oxygen atoms in total. The van der Waals surface area contributed by atoms with Crippen LogP contribution < -0.4 is 14.2 Å². The molecule has 26 heavy (non-hydrogen) atoms. The van der Waals surface area contributed by atoms with Crippen molar-refractivity contribution in [1.29, 1.82) is 0 Å². The highest BCUT2D eigenvalue weighted by Crippen LogP contribution is 2.32. The van der Waals surface area contributed by atoms with Gasteiger partial charge >= 0.3 is 0 Å². The Balaban J connectivity index is 1.85. The van der Waals surface area contributed by atoms with Crippen molar-refractivity contribution in [3.8, 4) is 22.1 Å². The number of hydrogen-bond acceptors (Lipinski definition) is 7. The monoisotopic (exact) mass is 411 g/mol. The minimum atomic E-state index is -3.85. The minimum Gasteiger partial charge on any atom is -0.493 e. The van der Waals surface area contributed by atoms with Crippen LogP contribution in [0.3, 0.4) is 0 Å². The molecule has 0 fully saturated rings. The Hall–Kier alpha value is -2.36. The van der Waals surface area contributed by atoms with Crippen molar-refractivity contribution in [1.82, 2.24) is 10.2 Å². The molecule has 0 atom stereocenters. The Morgan fingerprint density at radius 3 is 2.35 bits per heavy atom. The van der Waals surface area contributed by atoms with E-state index in [4.69, 9.17) is 21.1 Å². The zero-order valence-electron chi connectivity index (χ0n) is 13.8. The van der Waals surface area contributed by atoms with Crippen molar-refractivity contribution in [2.45, 2.75) is 4.90 Å². The standard InChI is InChI=1S/C16H14ClN3O4S2/c1-23-13-8-7-12(9-14(13)24-2)26(21,22)20-16-19-18-15(25-16)10-3-5-11(17)6-4-10/h3-9H,1-2H3,(H,19,20). The number of benzene rings is 2. The summed E-state index contributed by atoms with van der Waals surface area (Å²) in [5.41, 5.74) is 0.795. The van der Waals surface area contributed by atoms with Crippen LogP contribution in [0.4, 0.5) is 5.13 Å². The van der Waals surface area contributed by atoms with Crippen molar-refractivity contribution < 1.29 is 17.9 Å². The molecule has 136 valence electrons. The lowest BCUT2D eigenvalue weighted by atomic mass is 10.2. The van der Waals surface area contributed by atoms with Gasteiger partial charge in [-0.25, -0.2) is 8.42 Å². The number of hydrogen-bond donors (Lipinski definition) is 1. The third-order valence-corrected chi connectivity index (χ3v) is 6.01. The van der Waals surface area contributed by atoms with Gasteiger partial charge in [0.2, 0.25) is 5.13 Å². The maximum atomic E-state index is 12.6. The molecule has 0 aliphatic heterocycles. The van der Waals surface area contributed by atoms with Gasteiger partial charge in [-0.1, -0.05) is 35.1 Å². The topological polar surface area (TPSA) is 90.4 Å². The third-order valence-electron chi connectivity index (χ3n) is 3.40. The molecular formula is C16H14ClN3O4S2. The molecule has 1 heterocycles. The SMILES string of the molecule is COc1ccc(S(=O)(=O)Nc2nnc(-c3ccc(Cl)cc3)s2)cc1OC. The number of nitrogens with one attached hydrogen (secondary N) is 1. The van der Waals surface area contributed by atoms with Crippen molar-refractivity contribution >= 4 is 38.1 Å². The first kappa shape index (κ1) is 18.4. The number of anilines is 1. The minimum absolute atomic E-state index is 0.0263. The first-order valence-corrected chi connectivity index (χ1v) is 9.95. The van der Waals surface area contributed by atoms with Gasteiger partial charge in [0.15, 0.2) is 11.5 Å². The molecule has 1 aromatic heterocycles. The fourth-order valence-corrected chi connectivity index (χ4v) is 4.25. The molecule has 0 bridgehead atoms. The molecule has 0 amide bonds. The summed E-state index contributed by atoms with van der Waals surface area (Å²) in [7, 11) is -0.934. The summed E-state index contributed by atoms with van der Waals surface area (Å²) >= 11 is 6.98. The smallest absolute Gasteiger partial charge is 0.263 e. The zero-order valence-corrected chi connectivity index (χ0v) is 16.2. The van der Waals surface area contributed by atoms with Crippen LogP contribution in [0.5, 0.6) is 11.5 Å². The number of rotatable bonds is 6. The number of sulfonamides is 1. The summed E-state index contributed by atoms with van der Waals surface area (Å²) < 4.78 is 37.8. The highest BCUT2D eigenvalue weighted by molar-refractivity contribution is 7.93. The molecule has 0 aliphatic rings. The summed E-state index contributed by atoms with van der Waals surface area (Å²) in [5, 5.41) is 9.24. The van der Waals surface area contributed by atoms with E-state index in [9.17, 15) is 8.42 Å². The summed E-state index contributed by atoms with van der Waals surface area (Å²) in [4.78, 5) is 0.0263. The second-order valence-corrected chi connectivity index (χ2v) is 8.14. The van der Waals surface area contributed by atoms with E-state index in [0.29, 0.717) is 21.5 Å². The summed E-state index contributed by atoms with van der Waals surface area (Å²) in [6.45, 7) is 0. The Morgan fingerprint density at radius 1 is 1.00 bits per heavy atom. The molecule has 3 rings (SSSR count). The van der Waals surface area contributed by atoms with E-state index < -0.39 is 10.0 Å². The normalized spacial score (nSPS) is 11.2. The number of ether oxygens (including phenoxy) is 2. The van der Waals surface area contributed by atoms with Gasteiger partial charge in [-0.2, -0.15) is 0 Å². The predicted molar refractivity (Wildman–Crippen MR) is 101 cm³/mol. The first-order chi connectivity index (χ1) is 12.4. The van der Waals surface area contributed by atoms with E-state index in [-0.39, 0.29) is 10.0 Å². The predicted octanol–water partition coefficient (Wildman–Crippen LogP) is 3.68. The van der Waals surface area contributed by atoms with Gasteiger partial charge in [0.1, 0.15) is 5.01 Å². The van der Waals surface area contributed by atoms with Gasteiger partial charge in [-0.05, 0) is 24.3 Å². The van der Waals surface area contributed by atoms with E-state index in [2.05, 4.69) is 14.9 Å². The fourth-order valence-electron chi connectivity index (χ4n) is 2.13. The molecule has 10 heteroatoms. The van der Waals surface area contributed by atoms with Gasteiger partial charge in [-0.15, -0.1) is 10.2 Å². The van der Waals surface area contributed by atoms with Crippen LogP contribution in [0.2, 0.25) is 5.02 Å². The van der Waals surface area contributed by atoms with Crippen molar-refractivity contribution in [3.05, 3.63) is 47.5 Å². The van der Waals surface area contributed by atoms with Crippen LogP contribution in [-0.2, 0) is 10.0 Å². The van der Waals surface area contributed by atoms with Crippen molar-refractivity contribution in [3.63, 3.8) is 0 Å². The van der Waals surface area contributed by atoms with Gasteiger partial charge in [-0.3, -0.25) is 4.72 Å². The van der Waals surface area contributed by atoms with Crippen LogP contribution in [0.15, 0.2) is 47.4 Å². The number of halogens is 1. The van der Waals surface area contributed by atoms with E-state index in [0.717, 1.165) is 16.9 Å². The molecule has 0 radical (unpaired) electrons. The summed E-state index contributed by atoms with van der Waals surface area (Å²) in [5.74, 6) is 0.752. The van der Waals surface area contributed by atoms with Gasteiger partial charge in [0.05, 0.1) is 19.1 Å². The van der Waals surface area contributed by atoms with Gasteiger partial charge in [0.25, 0.3) is 10.0 Å². The Morgan fingerprint density at radius 2 is 1.69 bits per heavy atom. The highest BCUT2D eigenvalue weighted by atomic mass is 35.5. The quantitative estimate of drug-likeness (QED) is 0.665. The number of nitrogens with zero attached hydrogens (tertiary/aromatic N) is 2. The fraction of sp³-hybridized carbons (Fsp3) is 0.125. The van der Waals surface area contributed by atoms with E-state index in [1.807, 2.05) is 0 Å². The van der Waals surface area contributed by atoms with E-state index in [1.165, 1.54) is 32.4 Å². The zero-order chi connectivity index (χ0) is 18.7. The lowest BCUT2D eigenvalue weighted by molar-refractivity contribution is 0.354. The van der Waals surface area contributed by atoms with Crippen LogP contribution >= 0.6 is 22.9 Å². The maximum absolute atomic E-state index is 12.6. The van der Waals surface area contributed by atoms with Crippen LogP contribution in [-0.4, -0.2) is 32.8 Å². The van der Waals surface area contributed by atoms with Crippen LogP contribution in [0, 0.1) is 0 Å². The molecule has 1 N–H and O–H groups in total. The molecule has 3 aromatic rings. The number of aromatic nitrogens is 2. The second kappa shape index (κ2) is 7.48. The highest BCUT2D eigenvalue weighted by Gasteiger charge is 2.19. The maximum Gasteiger partial charge on any atom is 0.263 e. The molecule has 0 unspecified atom stereocenters. The van der Waals surface area contributed by atoms with Crippen LogP contribution in [0.1, 0.15) is 0 Å². The molecule has 2 aromatic carbocycles. The first-order valence-electron chi connectivity index (χ1n) is 7.27. The Bertz CT molecular complexity index is 1020. The second-order valence-electron chi connectivity index (χ2n) is 5.04. The summed E-state index contributed by atoms with van der Waals surface area (Å²) in [6, 6.07) is 11.3. The molecule has 0 saturated carbocycles. The number of methoxy groups -OCH3 is 2. The van der Waals surface area contributed by atoms with E-state index in [1.54, 1.807) is 24.3 Å². The van der Waals surface area contributed by atoms with E-state index >= 15 is 0 Å². The molecule has 0 aliphatic carbocycles. The molecular weight excluding hydrogens is 398 g/mol. The van der Waals surface area contributed by atoms with Gasteiger partial charge < -0.3 is 9.47 Å².